The van der Waals surface area contributed by atoms with Crippen LogP contribution in [-0.2, 0) is 13.2 Å². The normalized spacial score (nSPS) is 16.1. The van der Waals surface area contributed by atoms with E-state index >= 15 is 0 Å². The second-order valence-electron chi connectivity index (χ2n) is 4.42. The van der Waals surface area contributed by atoms with Crippen molar-refractivity contribution in [1.29, 1.82) is 0 Å². The number of rotatable bonds is 3. The first-order valence-corrected chi connectivity index (χ1v) is 10.5. The molecule has 0 fully saturated rings. The van der Waals surface area contributed by atoms with E-state index in [1.165, 1.54) is 12.1 Å². The Morgan fingerprint density at radius 2 is 1.81 bits per heavy atom. The quantitative estimate of drug-likeness (QED) is 0.611. The Balaban J connectivity index is 1.89. The summed E-state index contributed by atoms with van der Waals surface area (Å²) in [6, 6.07) is 13.3. The second kappa shape index (κ2) is 5.54. The summed E-state index contributed by atoms with van der Waals surface area (Å²) < 4.78 is 33.0. The Hall–Kier alpha value is -1.20. The van der Waals surface area contributed by atoms with Crippen molar-refractivity contribution < 1.29 is 11.6 Å². The molecule has 1 aliphatic heterocycles. The maximum absolute atomic E-state index is 12.3. The average molecular weight is 419 g/mol. The topological polar surface area (TPSA) is 81.7 Å². The van der Waals surface area contributed by atoms with Crippen molar-refractivity contribution in [3.05, 3.63) is 62.9 Å². The third kappa shape index (κ3) is 2.90. The van der Waals surface area contributed by atoms with E-state index in [0.717, 1.165) is 5.56 Å². The molecule has 2 aromatic rings. The molecular weight excluding hydrogens is 407 g/mol. The number of aryl methyl sites for hydroxylation is 1. The van der Waals surface area contributed by atoms with E-state index in [9.17, 15) is 13.6 Å². The van der Waals surface area contributed by atoms with Crippen molar-refractivity contribution in [3.63, 3.8) is 0 Å². The summed E-state index contributed by atoms with van der Waals surface area (Å²) in [7, 11) is -3.70. The number of para-hydroxylation sites is 1. The number of fused-ring (bicyclic) bond motifs is 1. The van der Waals surface area contributed by atoms with E-state index < -0.39 is 30.5 Å². The number of hydrogen-bond acceptors (Lipinski definition) is 5. The van der Waals surface area contributed by atoms with Crippen LogP contribution in [0.15, 0.2) is 53.4 Å². The van der Waals surface area contributed by atoms with Crippen LogP contribution in [0.25, 0.3) is 0 Å². The van der Waals surface area contributed by atoms with Gasteiger partial charge in [0.05, 0.1) is 0 Å². The molecule has 1 heterocycles. The van der Waals surface area contributed by atoms with Gasteiger partial charge in [-0.25, -0.2) is 0 Å². The standard InChI is InChI=1S/C13H12IN2O4S/c1-10-6-8-11(9-7-10)21(18,19)15-14-12-4-2-3-5-13(12)16(17)20-14/h2-9,15H,1H3/q-1. The Labute approximate surface area is 130 Å². The first kappa shape index (κ1) is 14.7. The van der Waals surface area contributed by atoms with Gasteiger partial charge in [-0.05, 0) is 0 Å². The fourth-order valence-corrected chi connectivity index (χ4v) is 8.16. The Morgan fingerprint density at radius 3 is 2.52 bits per heavy atom. The number of anilines is 1. The number of benzene rings is 2. The number of halogens is 1. The zero-order valence-corrected chi connectivity index (χ0v) is 14.0. The van der Waals surface area contributed by atoms with Crippen molar-refractivity contribution in [1.82, 2.24) is 2.94 Å². The molecule has 0 spiro atoms. The number of hydrogen-bond donors (Lipinski definition) is 1. The molecule has 0 bridgehead atoms. The van der Waals surface area contributed by atoms with Crippen LogP contribution >= 0.6 is 20.5 Å². The van der Waals surface area contributed by atoms with E-state index in [1.54, 1.807) is 36.4 Å². The molecule has 3 rings (SSSR count). The van der Waals surface area contributed by atoms with Gasteiger partial charge in [0.2, 0.25) is 0 Å². The van der Waals surface area contributed by atoms with Gasteiger partial charge in [0.1, 0.15) is 0 Å². The van der Waals surface area contributed by atoms with Crippen LogP contribution in [0.5, 0.6) is 0 Å². The van der Waals surface area contributed by atoms with Crippen LogP contribution in [0.1, 0.15) is 5.56 Å². The summed E-state index contributed by atoms with van der Waals surface area (Å²) >= 11 is -2.77. The molecule has 0 amide bonds. The summed E-state index contributed by atoms with van der Waals surface area (Å²) in [6.07, 6.45) is 0. The summed E-state index contributed by atoms with van der Waals surface area (Å²) in [5.41, 5.74) is 1.34. The van der Waals surface area contributed by atoms with Gasteiger partial charge in [-0.1, -0.05) is 0 Å². The van der Waals surface area contributed by atoms with Gasteiger partial charge in [-0.3, -0.25) is 0 Å². The van der Waals surface area contributed by atoms with Crippen molar-refractivity contribution in [3.8, 4) is 0 Å². The first-order chi connectivity index (χ1) is 9.97. The van der Waals surface area contributed by atoms with Crippen molar-refractivity contribution >= 4 is 36.2 Å². The Morgan fingerprint density at radius 1 is 1.14 bits per heavy atom. The van der Waals surface area contributed by atoms with Crippen LogP contribution in [0.4, 0.5) is 5.69 Å². The van der Waals surface area contributed by atoms with Crippen LogP contribution in [0, 0.1) is 15.7 Å². The molecular formula is C13H12IN2O4S-. The number of nitrogens with zero attached hydrogens (tertiary/aromatic N) is 1. The van der Waals surface area contributed by atoms with Gasteiger partial charge in [0, 0.05) is 0 Å². The van der Waals surface area contributed by atoms with Gasteiger partial charge in [-0.15, -0.1) is 0 Å². The van der Waals surface area contributed by atoms with E-state index in [2.05, 4.69) is 2.94 Å². The molecule has 112 valence electrons. The van der Waals surface area contributed by atoms with Crippen LogP contribution in [-0.4, -0.2) is 8.42 Å². The van der Waals surface area contributed by atoms with Crippen molar-refractivity contribution in [2.24, 2.45) is 0 Å². The third-order valence-electron chi connectivity index (χ3n) is 2.87. The SMILES string of the molecule is Cc1ccc(S(=O)(=O)NI2ON([O-])c3ccccc32)cc1. The Kier molecular flexibility index (Phi) is 3.88. The van der Waals surface area contributed by atoms with Gasteiger partial charge >= 0.3 is 131 Å². The molecule has 6 nitrogen and oxygen atoms in total. The summed E-state index contributed by atoms with van der Waals surface area (Å²) in [6.45, 7) is 1.88. The Bertz CT molecular complexity index is 764. The first-order valence-electron chi connectivity index (χ1n) is 6.01. The molecule has 21 heavy (non-hydrogen) atoms. The molecule has 2 aromatic carbocycles. The molecule has 0 atom stereocenters. The minimum absolute atomic E-state index is 0.163. The molecule has 0 saturated carbocycles. The van der Waals surface area contributed by atoms with Gasteiger partial charge in [0.25, 0.3) is 0 Å². The number of nitrogens with one attached hydrogen (secondary N) is 1. The van der Waals surface area contributed by atoms with Gasteiger partial charge in [0.15, 0.2) is 0 Å². The molecule has 0 radical (unpaired) electrons. The van der Waals surface area contributed by atoms with Gasteiger partial charge < -0.3 is 0 Å². The minimum atomic E-state index is -3.70. The zero-order valence-electron chi connectivity index (χ0n) is 11.0. The molecule has 1 N–H and O–H groups in total. The maximum atomic E-state index is 12.3. The van der Waals surface area contributed by atoms with E-state index in [0.29, 0.717) is 14.5 Å². The van der Waals surface area contributed by atoms with E-state index in [-0.39, 0.29) is 4.90 Å². The summed E-state index contributed by atoms with van der Waals surface area (Å²) in [5.74, 6) is 0. The number of sulfonamides is 1. The zero-order chi connectivity index (χ0) is 15.0. The van der Waals surface area contributed by atoms with Gasteiger partial charge in [-0.2, -0.15) is 0 Å². The molecule has 0 aliphatic carbocycles. The fraction of sp³-hybridized carbons (Fsp3) is 0.0769. The molecule has 0 aromatic heterocycles. The third-order valence-corrected chi connectivity index (χ3v) is 9.76. The van der Waals surface area contributed by atoms with E-state index in [1.807, 2.05) is 6.92 Å². The van der Waals surface area contributed by atoms with Crippen molar-refractivity contribution in [2.75, 3.05) is 5.23 Å². The molecule has 0 saturated heterocycles. The van der Waals surface area contributed by atoms with Crippen LogP contribution in [0.2, 0.25) is 0 Å². The predicted molar refractivity (Wildman–Crippen MR) is 87.6 cm³/mol. The average Bonchev–Trinajstić information content (AvgIpc) is 2.76. The van der Waals surface area contributed by atoms with Crippen LogP contribution < -0.4 is 8.16 Å². The van der Waals surface area contributed by atoms with Crippen LogP contribution in [0.3, 0.4) is 0 Å². The van der Waals surface area contributed by atoms with Crippen molar-refractivity contribution in [2.45, 2.75) is 11.8 Å². The monoisotopic (exact) mass is 419 g/mol. The summed E-state index contributed by atoms with van der Waals surface area (Å²) in [4.78, 5) is 0.163. The van der Waals surface area contributed by atoms with E-state index in [4.69, 9.17) is 3.17 Å². The molecule has 1 aliphatic rings. The predicted octanol–water partition coefficient (Wildman–Crippen LogP) is 2.73. The molecule has 8 heteroatoms. The summed E-state index contributed by atoms with van der Waals surface area (Å²) in [5, 5.41) is 12.0. The second-order valence-corrected chi connectivity index (χ2v) is 10.4. The fourth-order valence-electron chi connectivity index (χ4n) is 1.79. The molecule has 0 unspecified atom stereocenters.